The van der Waals surface area contributed by atoms with E-state index in [2.05, 4.69) is 23.9 Å². The zero-order chi connectivity index (χ0) is 12.8. The third-order valence-electron chi connectivity index (χ3n) is 1.21. The Bertz CT molecular complexity index is 253. The van der Waals surface area contributed by atoms with Gasteiger partial charge in [0.05, 0.1) is 7.11 Å². The van der Waals surface area contributed by atoms with Crippen molar-refractivity contribution < 1.29 is 11.0 Å². The second-order valence-electron chi connectivity index (χ2n) is 2.69. The number of para-hydroxylation sites is 1. The Morgan fingerprint density at radius 3 is 2.06 bits per heavy atom. The van der Waals surface area contributed by atoms with Gasteiger partial charge in [0.2, 0.25) is 0 Å². The largest absolute Gasteiger partial charge is 0.453 e. The number of nitrogens with one attached hydrogen (secondary N) is 1. The van der Waals surface area contributed by atoms with Crippen molar-refractivity contribution in [1.82, 2.24) is 0 Å². The number of amides is 1. The van der Waals surface area contributed by atoms with Crippen LogP contribution in [0.4, 0.5) is 10.5 Å². The fourth-order valence-electron chi connectivity index (χ4n) is 0.690. The highest BCUT2D eigenvalue weighted by Crippen LogP contribution is 2.04. The number of benzene rings is 1. The molecule has 0 aliphatic carbocycles. The highest BCUT2D eigenvalue weighted by Gasteiger charge is 1.96. The highest BCUT2D eigenvalue weighted by atomic mass is 16.5. The number of methoxy groups -OCH3 is 1. The van der Waals surface area contributed by atoms with E-state index in [9.17, 15) is 4.79 Å². The van der Waals surface area contributed by atoms with E-state index in [0.29, 0.717) is 0 Å². The van der Waals surface area contributed by atoms with Crippen molar-refractivity contribution in [3.63, 3.8) is 0 Å². The molecule has 0 heterocycles. The Balaban J connectivity index is -0.000000286. The lowest BCUT2D eigenvalue weighted by molar-refractivity contribution is 0.187. The van der Waals surface area contributed by atoms with E-state index in [0.717, 1.165) is 5.69 Å². The summed E-state index contributed by atoms with van der Waals surface area (Å²) in [6.45, 7) is 8.25. The Kier molecular flexibility index (Phi) is 14.3. The van der Waals surface area contributed by atoms with Gasteiger partial charge in [0, 0.05) is 7.11 Å². The van der Waals surface area contributed by atoms with Crippen LogP contribution in [-0.4, -0.2) is 13.2 Å². The number of anilines is 1. The van der Waals surface area contributed by atoms with E-state index >= 15 is 0 Å². The van der Waals surface area contributed by atoms with Crippen molar-refractivity contribution in [1.29, 1.82) is 0 Å². The lowest BCUT2D eigenvalue weighted by atomic mass is 10.3. The van der Waals surface area contributed by atoms with Gasteiger partial charge in [-0.25, -0.2) is 4.79 Å². The maximum atomic E-state index is 10.6. The van der Waals surface area contributed by atoms with Crippen LogP contribution in [0.3, 0.4) is 0 Å². The molecule has 0 bridgehead atoms. The summed E-state index contributed by atoms with van der Waals surface area (Å²) >= 11 is 0. The van der Waals surface area contributed by atoms with Gasteiger partial charge in [0.25, 0.3) is 0 Å². The summed E-state index contributed by atoms with van der Waals surface area (Å²) in [6, 6.07) is 9.13. The van der Waals surface area contributed by atoms with Crippen molar-refractivity contribution in [2.24, 2.45) is 0 Å². The number of carbonyl (C=O) groups is 1. The van der Waals surface area contributed by atoms with E-state index < -0.39 is 6.09 Å². The van der Waals surface area contributed by atoms with Gasteiger partial charge in [0.15, 0.2) is 0 Å². The summed E-state index contributed by atoms with van der Waals surface area (Å²) in [7, 11) is 1.33. The van der Waals surface area contributed by atoms with Crippen molar-refractivity contribution in [2.45, 2.75) is 34.1 Å². The van der Waals surface area contributed by atoms with Crippen molar-refractivity contribution >= 4 is 11.8 Å². The molecule has 0 spiro atoms. The molecule has 0 unspecified atom stereocenters. The zero-order valence-electron chi connectivity index (χ0n) is 10.9. The molecule has 0 aromatic heterocycles. The van der Waals surface area contributed by atoms with E-state index in [1.165, 1.54) is 13.5 Å². The Morgan fingerprint density at radius 2 is 1.69 bits per heavy atom. The number of hydrogen-bond donors (Lipinski definition) is 1. The third-order valence-corrected chi connectivity index (χ3v) is 1.21. The first-order chi connectivity index (χ1) is 7.74. The Morgan fingerprint density at radius 1 is 1.25 bits per heavy atom. The molecular weight excluding hydrogens is 202 g/mol. The molecule has 0 fully saturated rings. The predicted molar refractivity (Wildman–Crippen MR) is 71.9 cm³/mol. The van der Waals surface area contributed by atoms with Gasteiger partial charge in [0.1, 0.15) is 0 Å². The molecule has 16 heavy (non-hydrogen) atoms. The SMILES string of the molecule is CC.CCC.COC(=O)Nc1ccccc1.[HH]. The summed E-state index contributed by atoms with van der Waals surface area (Å²) in [6.07, 6.45) is 0.802. The topological polar surface area (TPSA) is 38.3 Å². The molecule has 94 valence electrons. The minimum atomic E-state index is -0.448. The second-order valence-corrected chi connectivity index (χ2v) is 2.69. The zero-order valence-corrected chi connectivity index (χ0v) is 10.9. The van der Waals surface area contributed by atoms with E-state index in [-0.39, 0.29) is 1.43 Å². The van der Waals surface area contributed by atoms with Crippen LogP contribution >= 0.6 is 0 Å². The molecule has 0 aliphatic heterocycles. The first kappa shape index (κ1) is 16.9. The molecule has 0 aliphatic rings. The first-order valence-corrected chi connectivity index (χ1v) is 5.64. The lowest BCUT2D eigenvalue weighted by Crippen LogP contribution is -2.10. The average Bonchev–Trinajstić information content (AvgIpc) is 2.34. The molecule has 1 aromatic carbocycles. The van der Waals surface area contributed by atoms with Crippen molar-refractivity contribution in [2.75, 3.05) is 12.4 Å². The predicted octanol–water partition coefficient (Wildman–Crippen LogP) is 4.55. The van der Waals surface area contributed by atoms with E-state index in [1.54, 1.807) is 12.1 Å². The summed E-state index contributed by atoms with van der Waals surface area (Å²) < 4.78 is 4.40. The smallest absolute Gasteiger partial charge is 0.411 e. The molecule has 1 amide bonds. The van der Waals surface area contributed by atoms with Gasteiger partial charge in [-0.1, -0.05) is 52.3 Å². The quantitative estimate of drug-likeness (QED) is 0.764. The van der Waals surface area contributed by atoms with Crippen LogP contribution in [0.2, 0.25) is 0 Å². The maximum Gasteiger partial charge on any atom is 0.411 e. The summed E-state index contributed by atoms with van der Waals surface area (Å²) in [5.74, 6) is 0. The van der Waals surface area contributed by atoms with Crippen LogP contribution in [0.1, 0.15) is 35.5 Å². The van der Waals surface area contributed by atoms with Crippen molar-refractivity contribution in [3.05, 3.63) is 30.3 Å². The van der Waals surface area contributed by atoms with Crippen LogP contribution in [-0.2, 0) is 4.74 Å². The summed E-state index contributed by atoms with van der Waals surface area (Å²) in [5.41, 5.74) is 0.736. The monoisotopic (exact) mass is 227 g/mol. The number of ether oxygens (including phenoxy) is 1. The average molecular weight is 227 g/mol. The van der Waals surface area contributed by atoms with Gasteiger partial charge in [-0.15, -0.1) is 0 Å². The molecule has 0 radical (unpaired) electrons. The van der Waals surface area contributed by atoms with Crippen LogP contribution in [0.25, 0.3) is 0 Å². The summed E-state index contributed by atoms with van der Waals surface area (Å²) in [4.78, 5) is 10.6. The van der Waals surface area contributed by atoms with Gasteiger partial charge in [-0.3, -0.25) is 5.32 Å². The van der Waals surface area contributed by atoms with Crippen LogP contribution in [0.5, 0.6) is 0 Å². The minimum Gasteiger partial charge on any atom is -0.453 e. The first-order valence-electron chi connectivity index (χ1n) is 5.64. The van der Waals surface area contributed by atoms with Gasteiger partial charge >= 0.3 is 6.09 Å². The fraction of sp³-hybridized carbons (Fsp3) is 0.462. The van der Waals surface area contributed by atoms with Crippen LogP contribution < -0.4 is 5.32 Å². The highest BCUT2D eigenvalue weighted by molar-refractivity contribution is 5.84. The summed E-state index contributed by atoms with van der Waals surface area (Å²) in [5, 5.41) is 2.53. The molecule has 0 atom stereocenters. The maximum absolute atomic E-state index is 10.6. The third kappa shape index (κ3) is 10.6. The minimum absolute atomic E-state index is 0. The van der Waals surface area contributed by atoms with Gasteiger partial charge < -0.3 is 4.74 Å². The standard InChI is InChI=1S/C8H9NO2.C3H8.C2H6.H2/c1-11-8(10)9-7-5-3-2-4-6-7;1-3-2;1-2;/h2-6H,1H3,(H,9,10);3H2,1-2H3;1-2H3;1H. The molecule has 3 heteroatoms. The molecule has 0 saturated carbocycles. The van der Waals surface area contributed by atoms with Crippen LogP contribution in [0.15, 0.2) is 30.3 Å². The van der Waals surface area contributed by atoms with Gasteiger partial charge in [-0.2, -0.15) is 0 Å². The number of hydrogen-bond acceptors (Lipinski definition) is 2. The Labute approximate surface area is 100 Å². The lowest BCUT2D eigenvalue weighted by Gasteiger charge is -2.01. The molecule has 1 rings (SSSR count). The van der Waals surface area contributed by atoms with E-state index in [4.69, 9.17) is 0 Å². The fourth-order valence-corrected chi connectivity index (χ4v) is 0.690. The second kappa shape index (κ2) is 13.5. The molecule has 1 aromatic rings. The molecule has 3 nitrogen and oxygen atoms in total. The van der Waals surface area contributed by atoms with Crippen LogP contribution in [0, 0.1) is 0 Å². The number of rotatable bonds is 1. The Hall–Kier alpha value is -1.51. The van der Waals surface area contributed by atoms with Gasteiger partial charge in [-0.05, 0) is 12.1 Å². The van der Waals surface area contributed by atoms with Crippen molar-refractivity contribution in [3.8, 4) is 0 Å². The van der Waals surface area contributed by atoms with E-state index in [1.807, 2.05) is 32.0 Å². The molecule has 1 N–H and O–H groups in total. The molecule has 0 saturated heterocycles. The normalized spacial score (nSPS) is 7.56. The number of carbonyl (C=O) groups excluding carboxylic acids is 1. The molecular formula is C13H25NO2.